The first-order valence-electron chi connectivity index (χ1n) is 11.6. The van der Waals surface area contributed by atoms with Gasteiger partial charge in [0.2, 0.25) is 21.8 Å². The normalized spacial score (nSPS) is 12.8. The van der Waals surface area contributed by atoms with Crippen LogP contribution in [0.3, 0.4) is 0 Å². The molecular weight excluding hydrogens is 575 g/mol. The van der Waals surface area contributed by atoms with E-state index in [-0.39, 0.29) is 49.5 Å². The topological polar surface area (TPSA) is 86.8 Å². The van der Waals surface area contributed by atoms with Gasteiger partial charge in [-0.05, 0) is 63.1 Å². The summed E-state index contributed by atoms with van der Waals surface area (Å²) in [7, 11) is -3.92. The smallest absolute Gasteiger partial charge is 0.352 e. The number of carbonyl (C=O) groups excluding carboxylic acids is 2. The molecule has 0 fully saturated rings. The van der Waals surface area contributed by atoms with Crippen molar-refractivity contribution in [3.05, 3.63) is 64.1 Å². The first-order chi connectivity index (χ1) is 17.1. The molecule has 0 spiro atoms. The number of carbonyl (C=O) groups is 2. The lowest BCUT2D eigenvalue weighted by atomic mass is 10.1. The van der Waals surface area contributed by atoms with Gasteiger partial charge in [0.1, 0.15) is 6.04 Å². The Balaban J connectivity index is 2.21. The van der Waals surface area contributed by atoms with E-state index in [4.69, 9.17) is 0 Å². The third-order valence-electron chi connectivity index (χ3n) is 5.48. The molecule has 0 heterocycles. The summed E-state index contributed by atoms with van der Waals surface area (Å²) in [6, 6.07) is 10.4. The Kier molecular flexibility index (Phi) is 10.6. The number of rotatable bonds is 11. The fourth-order valence-electron chi connectivity index (χ4n) is 3.62. The van der Waals surface area contributed by atoms with Crippen molar-refractivity contribution < 1.29 is 31.2 Å². The summed E-state index contributed by atoms with van der Waals surface area (Å²) < 4.78 is 65.9. The third kappa shape index (κ3) is 9.33. The maximum atomic E-state index is 13.2. The van der Waals surface area contributed by atoms with Crippen molar-refractivity contribution in [3.63, 3.8) is 0 Å². The van der Waals surface area contributed by atoms with E-state index >= 15 is 0 Å². The fraction of sp³-hybridized carbons (Fsp3) is 0.440. The van der Waals surface area contributed by atoms with Gasteiger partial charge in [-0.15, -0.1) is 0 Å². The van der Waals surface area contributed by atoms with Gasteiger partial charge in [0.05, 0.1) is 17.5 Å². The van der Waals surface area contributed by atoms with Crippen LogP contribution in [0.4, 0.5) is 18.9 Å². The van der Waals surface area contributed by atoms with E-state index in [1.54, 1.807) is 20.8 Å². The highest BCUT2D eigenvalue weighted by atomic mass is 79.9. The second-order valence-electron chi connectivity index (χ2n) is 8.97. The van der Waals surface area contributed by atoms with Gasteiger partial charge in [-0.3, -0.25) is 13.9 Å². The average Bonchev–Trinajstić information content (AvgIpc) is 2.79. The van der Waals surface area contributed by atoms with Gasteiger partial charge in [0, 0.05) is 30.0 Å². The molecule has 37 heavy (non-hydrogen) atoms. The fourth-order valence-corrected chi connectivity index (χ4v) is 4.84. The minimum absolute atomic E-state index is 0.0392. The van der Waals surface area contributed by atoms with Crippen LogP contribution >= 0.6 is 15.9 Å². The van der Waals surface area contributed by atoms with Crippen LogP contribution in [-0.2, 0) is 32.3 Å². The van der Waals surface area contributed by atoms with E-state index in [1.807, 2.05) is 24.3 Å². The minimum atomic E-state index is -4.63. The molecule has 0 bridgehead atoms. The van der Waals surface area contributed by atoms with Gasteiger partial charge >= 0.3 is 6.18 Å². The predicted octanol–water partition coefficient (Wildman–Crippen LogP) is 4.96. The van der Waals surface area contributed by atoms with E-state index in [0.717, 1.165) is 38.8 Å². The van der Waals surface area contributed by atoms with Gasteiger partial charge in [0.15, 0.2) is 0 Å². The Hall–Kier alpha value is -2.60. The number of anilines is 1. The Morgan fingerprint density at radius 2 is 1.68 bits per heavy atom. The molecule has 2 aromatic rings. The van der Waals surface area contributed by atoms with Gasteiger partial charge in [-0.1, -0.05) is 34.1 Å². The van der Waals surface area contributed by atoms with Crippen molar-refractivity contribution in [1.82, 2.24) is 10.2 Å². The Morgan fingerprint density at radius 3 is 2.22 bits per heavy atom. The van der Waals surface area contributed by atoms with Gasteiger partial charge in [0.25, 0.3) is 0 Å². The first-order valence-corrected chi connectivity index (χ1v) is 14.2. The monoisotopic (exact) mass is 605 g/mol. The molecule has 0 aromatic heterocycles. The number of halogens is 4. The number of alkyl halides is 3. The van der Waals surface area contributed by atoms with Crippen molar-refractivity contribution in [3.8, 4) is 0 Å². The van der Waals surface area contributed by atoms with E-state index in [2.05, 4.69) is 21.2 Å². The summed E-state index contributed by atoms with van der Waals surface area (Å²) in [5, 5.41) is 2.79. The van der Waals surface area contributed by atoms with Crippen LogP contribution in [0.15, 0.2) is 53.0 Å². The van der Waals surface area contributed by atoms with Crippen LogP contribution in [0.2, 0.25) is 0 Å². The molecule has 12 heteroatoms. The van der Waals surface area contributed by atoms with Crippen molar-refractivity contribution in [2.24, 2.45) is 0 Å². The first kappa shape index (κ1) is 30.6. The summed E-state index contributed by atoms with van der Waals surface area (Å²) in [5.74, 6) is -0.714. The number of nitrogens with zero attached hydrogens (tertiary/aromatic N) is 2. The van der Waals surface area contributed by atoms with E-state index in [9.17, 15) is 31.2 Å². The molecule has 1 N–H and O–H groups in total. The Morgan fingerprint density at radius 1 is 1.05 bits per heavy atom. The van der Waals surface area contributed by atoms with Crippen LogP contribution in [0.1, 0.15) is 44.7 Å². The molecule has 0 aliphatic carbocycles. The number of hydrogen-bond acceptors (Lipinski definition) is 4. The third-order valence-corrected chi connectivity index (χ3v) is 7.20. The largest absolute Gasteiger partial charge is 0.416 e. The lowest BCUT2D eigenvalue weighted by molar-refractivity contribution is -0.140. The molecule has 2 aromatic carbocycles. The van der Waals surface area contributed by atoms with Crippen molar-refractivity contribution in [2.45, 2.75) is 58.4 Å². The molecular formula is C25H31BrF3N3O4S. The molecule has 0 saturated carbocycles. The van der Waals surface area contributed by atoms with Crippen LogP contribution in [0.25, 0.3) is 0 Å². The van der Waals surface area contributed by atoms with Crippen molar-refractivity contribution in [1.29, 1.82) is 0 Å². The quantitative estimate of drug-likeness (QED) is 0.392. The molecule has 7 nitrogen and oxygen atoms in total. The summed E-state index contributed by atoms with van der Waals surface area (Å²) in [6.07, 6.45) is -3.80. The van der Waals surface area contributed by atoms with Crippen molar-refractivity contribution >= 4 is 43.5 Å². The summed E-state index contributed by atoms with van der Waals surface area (Å²) >= 11 is 3.36. The van der Waals surface area contributed by atoms with Crippen LogP contribution in [-0.4, -0.2) is 50.0 Å². The molecule has 204 valence electrons. The minimum Gasteiger partial charge on any atom is -0.352 e. The van der Waals surface area contributed by atoms with Gasteiger partial charge in [-0.25, -0.2) is 8.42 Å². The number of hydrogen-bond donors (Lipinski definition) is 1. The molecule has 2 rings (SSSR count). The molecule has 0 saturated heterocycles. The Labute approximate surface area is 224 Å². The number of sulfonamides is 1. The molecule has 0 aliphatic rings. The second kappa shape index (κ2) is 12.8. The maximum Gasteiger partial charge on any atom is 0.416 e. The zero-order chi connectivity index (χ0) is 28.0. The molecule has 1 atom stereocenters. The average molecular weight is 607 g/mol. The molecule has 2 amide bonds. The molecule has 0 unspecified atom stereocenters. The highest BCUT2D eigenvalue weighted by Crippen LogP contribution is 2.32. The Bertz CT molecular complexity index is 1190. The lowest BCUT2D eigenvalue weighted by Crippen LogP contribution is -2.49. The summed E-state index contributed by atoms with van der Waals surface area (Å²) in [5.41, 5.74) is -0.316. The summed E-state index contributed by atoms with van der Waals surface area (Å²) in [4.78, 5) is 27.3. The lowest BCUT2D eigenvalue weighted by Gasteiger charge is -2.30. The van der Waals surface area contributed by atoms with Crippen LogP contribution < -0.4 is 9.62 Å². The number of nitrogens with one attached hydrogen (secondary N) is 1. The van der Waals surface area contributed by atoms with Crippen LogP contribution in [0.5, 0.6) is 0 Å². The maximum absolute atomic E-state index is 13.2. The van der Waals surface area contributed by atoms with Gasteiger partial charge < -0.3 is 10.2 Å². The summed E-state index contributed by atoms with van der Waals surface area (Å²) in [6.45, 7) is 5.17. The van der Waals surface area contributed by atoms with E-state index in [0.29, 0.717) is 0 Å². The highest BCUT2D eigenvalue weighted by molar-refractivity contribution is 9.10. The standard InChI is InChI=1S/C25H31BrF3N3O4S/c1-17(2)30-24(34)18(3)31(16-19-10-12-21(26)13-11-19)23(33)9-6-14-32(37(4,35)36)22-8-5-7-20(15-22)25(27,28)29/h5,7-8,10-13,15,17-18H,6,9,14,16H2,1-4H3,(H,30,34)/t18-/m0/s1. The zero-order valence-electron chi connectivity index (χ0n) is 21.0. The SMILES string of the molecule is CC(C)NC(=O)[C@H](C)N(Cc1ccc(Br)cc1)C(=O)CCCN(c1cccc(C(F)(F)F)c1)S(C)(=O)=O. The number of amides is 2. The predicted molar refractivity (Wildman–Crippen MR) is 140 cm³/mol. The molecule has 0 aliphatic heterocycles. The van der Waals surface area contributed by atoms with Gasteiger partial charge in [-0.2, -0.15) is 13.2 Å². The molecule has 0 radical (unpaired) electrons. The van der Waals surface area contributed by atoms with E-state index < -0.39 is 27.8 Å². The van der Waals surface area contributed by atoms with Crippen molar-refractivity contribution in [2.75, 3.05) is 17.1 Å². The number of benzene rings is 2. The van der Waals surface area contributed by atoms with E-state index in [1.165, 1.54) is 11.0 Å². The zero-order valence-corrected chi connectivity index (χ0v) is 23.5. The second-order valence-corrected chi connectivity index (χ2v) is 11.8. The highest BCUT2D eigenvalue weighted by Gasteiger charge is 2.32. The van der Waals surface area contributed by atoms with Crippen LogP contribution in [0, 0.1) is 0 Å².